The van der Waals surface area contributed by atoms with Crippen LogP contribution in [-0.2, 0) is 9.53 Å². The van der Waals surface area contributed by atoms with Crippen molar-refractivity contribution in [1.29, 1.82) is 0 Å². The van der Waals surface area contributed by atoms with Crippen molar-refractivity contribution in [3.63, 3.8) is 0 Å². The largest absolute Gasteiger partial charge is 0.403 e. The number of carbonyl (C=O) groups is 1. The molecule has 0 N–H and O–H groups in total. The van der Waals surface area contributed by atoms with Gasteiger partial charge in [0, 0.05) is 10.5 Å². The minimum Gasteiger partial charge on any atom is -0.403 e. The number of ether oxygens (including phenoxy) is 1. The molecular weight excluding hydrogens is 354 g/mol. The quantitative estimate of drug-likeness (QED) is 0.578. The summed E-state index contributed by atoms with van der Waals surface area (Å²) in [6.07, 6.45) is 5.28. The second-order valence-corrected chi connectivity index (χ2v) is 6.08. The van der Waals surface area contributed by atoms with Crippen LogP contribution in [0, 0.1) is 6.92 Å². The lowest BCUT2D eigenvalue weighted by atomic mass is 10.1. The molecule has 114 valence electrons. The number of benzene rings is 2. The van der Waals surface area contributed by atoms with E-state index >= 15 is 0 Å². The van der Waals surface area contributed by atoms with Crippen molar-refractivity contribution >= 4 is 39.9 Å². The number of cyclic esters (lactones) is 1. The fourth-order valence-electron chi connectivity index (χ4n) is 2.10. The van der Waals surface area contributed by atoms with E-state index in [1.54, 1.807) is 12.2 Å². The summed E-state index contributed by atoms with van der Waals surface area (Å²) < 4.78 is 6.11. The summed E-state index contributed by atoms with van der Waals surface area (Å²) in [5.41, 5.74) is 3.41. The maximum absolute atomic E-state index is 11.9. The van der Waals surface area contributed by atoms with Gasteiger partial charge in [-0.05, 0) is 42.3 Å². The number of aliphatic imine (C=N–C) groups is 1. The van der Waals surface area contributed by atoms with E-state index in [9.17, 15) is 4.79 Å². The zero-order valence-corrected chi connectivity index (χ0v) is 14.1. The molecule has 23 heavy (non-hydrogen) atoms. The SMILES string of the molecule is Cc1ccc(/C=C/C2=NC(=C/c3cccc(Br)c3)/C(=O)O2)cc1. The van der Waals surface area contributed by atoms with Gasteiger partial charge in [-0.15, -0.1) is 0 Å². The summed E-state index contributed by atoms with van der Waals surface area (Å²) in [5, 5.41) is 0. The molecule has 0 amide bonds. The predicted octanol–water partition coefficient (Wildman–Crippen LogP) is 4.77. The predicted molar refractivity (Wildman–Crippen MR) is 95.9 cm³/mol. The van der Waals surface area contributed by atoms with Gasteiger partial charge >= 0.3 is 5.97 Å². The van der Waals surface area contributed by atoms with Crippen LogP contribution in [0.3, 0.4) is 0 Å². The van der Waals surface area contributed by atoms with Crippen LogP contribution in [0.4, 0.5) is 0 Å². The van der Waals surface area contributed by atoms with Crippen LogP contribution >= 0.6 is 15.9 Å². The average molecular weight is 368 g/mol. The zero-order valence-electron chi connectivity index (χ0n) is 12.5. The van der Waals surface area contributed by atoms with Crippen molar-refractivity contribution in [3.8, 4) is 0 Å². The number of esters is 1. The molecule has 1 aliphatic rings. The van der Waals surface area contributed by atoms with Gasteiger partial charge in [-0.2, -0.15) is 0 Å². The minimum absolute atomic E-state index is 0.298. The third-order valence-electron chi connectivity index (χ3n) is 3.28. The summed E-state index contributed by atoms with van der Waals surface area (Å²) in [6, 6.07) is 15.7. The van der Waals surface area contributed by atoms with E-state index in [2.05, 4.69) is 20.9 Å². The lowest BCUT2D eigenvalue weighted by Crippen LogP contribution is -2.01. The Balaban J connectivity index is 1.79. The first-order valence-corrected chi connectivity index (χ1v) is 7.92. The van der Waals surface area contributed by atoms with Gasteiger partial charge in [-0.25, -0.2) is 9.79 Å². The van der Waals surface area contributed by atoms with Crippen LogP contribution in [0.5, 0.6) is 0 Å². The number of hydrogen-bond acceptors (Lipinski definition) is 3. The van der Waals surface area contributed by atoms with Crippen molar-refractivity contribution in [3.05, 3.63) is 81.5 Å². The lowest BCUT2D eigenvalue weighted by Gasteiger charge is -1.95. The molecule has 0 saturated heterocycles. The molecule has 0 fully saturated rings. The zero-order chi connectivity index (χ0) is 16.2. The molecular formula is C19H14BrNO2. The van der Waals surface area contributed by atoms with E-state index in [4.69, 9.17) is 4.74 Å². The number of aryl methyl sites for hydroxylation is 1. The van der Waals surface area contributed by atoms with Crippen molar-refractivity contribution in [1.82, 2.24) is 0 Å². The van der Waals surface area contributed by atoms with E-state index in [1.165, 1.54) is 5.56 Å². The normalized spacial score (nSPS) is 16.0. The molecule has 0 atom stereocenters. The molecule has 1 heterocycles. The molecule has 2 aromatic carbocycles. The van der Waals surface area contributed by atoms with Crippen LogP contribution in [-0.4, -0.2) is 11.9 Å². The van der Waals surface area contributed by atoms with Gasteiger partial charge in [-0.3, -0.25) is 0 Å². The smallest absolute Gasteiger partial charge is 0.363 e. The molecule has 3 nitrogen and oxygen atoms in total. The average Bonchev–Trinajstić information content (AvgIpc) is 2.87. The first kappa shape index (κ1) is 15.4. The molecule has 0 unspecified atom stereocenters. The highest BCUT2D eigenvalue weighted by molar-refractivity contribution is 9.10. The maximum atomic E-state index is 11.9. The Morgan fingerprint density at radius 3 is 2.57 bits per heavy atom. The monoisotopic (exact) mass is 367 g/mol. The molecule has 0 aromatic heterocycles. The van der Waals surface area contributed by atoms with Gasteiger partial charge in [0.15, 0.2) is 5.70 Å². The van der Waals surface area contributed by atoms with Gasteiger partial charge < -0.3 is 4.74 Å². The Bertz CT molecular complexity index is 833. The Morgan fingerprint density at radius 2 is 1.83 bits per heavy atom. The van der Waals surface area contributed by atoms with Crippen LogP contribution in [0.25, 0.3) is 12.2 Å². The molecule has 0 saturated carbocycles. The molecule has 0 spiro atoms. The molecule has 0 bridgehead atoms. The molecule has 3 rings (SSSR count). The first-order valence-electron chi connectivity index (χ1n) is 7.13. The molecule has 4 heteroatoms. The number of nitrogens with zero attached hydrogens (tertiary/aromatic N) is 1. The van der Waals surface area contributed by atoms with Gasteiger partial charge in [0.1, 0.15) is 0 Å². The van der Waals surface area contributed by atoms with Crippen LogP contribution in [0.1, 0.15) is 16.7 Å². The highest BCUT2D eigenvalue weighted by Crippen LogP contribution is 2.19. The molecule has 2 aromatic rings. The summed E-state index contributed by atoms with van der Waals surface area (Å²) in [7, 11) is 0. The van der Waals surface area contributed by atoms with Crippen molar-refractivity contribution in [2.75, 3.05) is 0 Å². The fraction of sp³-hybridized carbons (Fsp3) is 0.0526. The number of halogens is 1. The van der Waals surface area contributed by atoms with E-state index in [1.807, 2.05) is 61.5 Å². The second kappa shape index (κ2) is 6.75. The van der Waals surface area contributed by atoms with Crippen molar-refractivity contribution in [2.45, 2.75) is 6.92 Å². The fourth-order valence-corrected chi connectivity index (χ4v) is 2.51. The Kier molecular flexibility index (Phi) is 4.53. The van der Waals surface area contributed by atoms with E-state index in [0.717, 1.165) is 15.6 Å². The van der Waals surface area contributed by atoms with Crippen LogP contribution in [0.15, 0.2) is 69.8 Å². The second-order valence-electron chi connectivity index (χ2n) is 5.17. The van der Waals surface area contributed by atoms with E-state index < -0.39 is 5.97 Å². The molecule has 1 aliphatic heterocycles. The number of rotatable bonds is 3. The lowest BCUT2D eigenvalue weighted by molar-refractivity contribution is -0.129. The Morgan fingerprint density at radius 1 is 1.04 bits per heavy atom. The van der Waals surface area contributed by atoms with Gasteiger partial charge in [0.05, 0.1) is 0 Å². The summed E-state index contributed by atoms with van der Waals surface area (Å²) in [5.74, 6) is -0.134. The van der Waals surface area contributed by atoms with Crippen molar-refractivity contribution in [2.24, 2.45) is 4.99 Å². The van der Waals surface area contributed by atoms with Crippen molar-refractivity contribution < 1.29 is 9.53 Å². The highest BCUT2D eigenvalue weighted by Gasteiger charge is 2.20. The minimum atomic E-state index is -0.437. The van der Waals surface area contributed by atoms with Gasteiger partial charge in [0.2, 0.25) is 5.90 Å². The number of carbonyl (C=O) groups excluding carboxylic acids is 1. The highest BCUT2D eigenvalue weighted by atomic mass is 79.9. The third kappa shape index (κ3) is 4.05. The van der Waals surface area contributed by atoms with Gasteiger partial charge in [-0.1, -0.05) is 57.9 Å². The summed E-state index contributed by atoms with van der Waals surface area (Å²) in [6.45, 7) is 2.04. The van der Waals surface area contributed by atoms with Crippen LogP contribution < -0.4 is 0 Å². The van der Waals surface area contributed by atoms with Crippen LogP contribution in [0.2, 0.25) is 0 Å². The summed E-state index contributed by atoms with van der Waals surface area (Å²) >= 11 is 3.40. The maximum Gasteiger partial charge on any atom is 0.363 e. The molecule has 0 aliphatic carbocycles. The Labute approximate surface area is 143 Å². The van der Waals surface area contributed by atoms with Gasteiger partial charge in [0.25, 0.3) is 0 Å². The molecule has 0 radical (unpaired) electrons. The van der Waals surface area contributed by atoms with E-state index in [0.29, 0.717) is 11.6 Å². The standard InChI is InChI=1S/C19H14BrNO2/c1-13-5-7-14(8-6-13)9-10-18-21-17(19(22)23-18)12-15-3-2-4-16(20)11-15/h2-12H,1H3/b10-9+,17-12+. The first-order chi connectivity index (χ1) is 11.1. The van der Waals surface area contributed by atoms with E-state index in [-0.39, 0.29) is 0 Å². The Hall–Kier alpha value is -2.46. The number of hydrogen-bond donors (Lipinski definition) is 0. The topological polar surface area (TPSA) is 38.7 Å². The third-order valence-corrected chi connectivity index (χ3v) is 3.78. The summed E-state index contributed by atoms with van der Waals surface area (Å²) in [4.78, 5) is 16.1.